The Morgan fingerprint density at radius 1 is 1.40 bits per heavy atom. The van der Waals surface area contributed by atoms with Gasteiger partial charge in [-0.15, -0.1) is 0 Å². The molecule has 192 valence electrons. The maximum Gasteiger partial charge on any atom is 0.317 e. The predicted molar refractivity (Wildman–Crippen MR) is 135 cm³/mol. The lowest BCUT2D eigenvalue weighted by atomic mass is 10.00. The molecule has 1 fully saturated rings. The van der Waals surface area contributed by atoms with Crippen molar-refractivity contribution in [3.63, 3.8) is 0 Å². The molecule has 3 amide bonds. The van der Waals surface area contributed by atoms with Crippen LogP contribution in [0.2, 0.25) is 0 Å². The third-order valence-electron chi connectivity index (χ3n) is 6.95. The predicted octanol–water partition coefficient (Wildman–Crippen LogP) is 3.28. The van der Waals surface area contributed by atoms with E-state index in [2.05, 4.69) is 22.1 Å². The molecule has 1 aliphatic heterocycles. The minimum absolute atomic E-state index is 0.0878. The van der Waals surface area contributed by atoms with E-state index in [1.165, 1.54) is 25.7 Å². The zero-order chi connectivity index (χ0) is 25.4. The fourth-order valence-electron chi connectivity index (χ4n) is 4.62. The SMILES string of the molecule is CCCNC(=O)N(C)C[C@@H]1Oc2ncc(C#CCC3CCCC3)cc2C(=O)N([C@@H](C)CO)C[C@H]1C. The lowest BCUT2D eigenvalue weighted by Crippen LogP contribution is -2.51. The van der Waals surface area contributed by atoms with Crippen molar-refractivity contribution in [2.24, 2.45) is 11.8 Å². The van der Waals surface area contributed by atoms with E-state index in [0.717, 1.165) is 12.8 Å². The maximum atomic E-state index is 13.5. The molecule has 0 bridgehead atoms. The molecule has 0 aromatic carbocycles. The Hall–Kier alpha value is -2.79. The topological polar surface area (TPSA) is 95.0 Å². The summed E-state index contributed by atoms with van der Waals surface area (Å²) in [7, 11) is 1.73. The van der Waals surface area contributed by atoms with Crippen molar-refractivity contribution in [3.05, 3.63) is 23.4 Å². The van der Waals surface area contributed by atoms with Crippen LogP contribution in [0.15, 0.2) is 12.3 Å². The van der Waals surface area contributed by atoms with Crippen molar-refractivity contribution >= 4 is 11.9 Å². The number of fused-ring (bicyclic) bond motifs is 1. The standard InChI is InChI=1S/C27H40N4O4/c1-5-13-28-27(34)30(4)17-24-19(2)16-31(20(3)18-32)26(33)23-14-22(15-29-25(23)35-24)12-8-11-21-9-6-7-10-21/h14-15,19-21,24,32H,5-7,9-11,13,16-18H2,1-4H3,(H,28,34)/t19-,20+,24+/m1/s1. The highest BCUT2D eigenvalue weighted by Crippen LogP contribution is 2.28. The molecule has 1 aromatic rings. The van der Waals surface area contributed by atoms with E-state index < -0.39 is 0 Å². The molecule has 35 heavy (non-hydrogen) atoms. The second kappa shape index (κ2) is 12.8. The monoisotopic (exact) mass is 484 g/mol. The van der Waals surface area contributed by atoms with Gasteiger partial charge < -0.3 is 25.0 Å². The molecule has 0 saturated heterocycles. The van der Waals surface area contributed by atoms with Crippen LogP contribution < -0.4 is 10.1 Å². The van der Waals surface area contributed by atoms with Crippen LogP contribution in [0.5, 0.6) is 5.88 Å². The first kappa shape index (κ1) is 26.8. The van der Waals surface area contributed by atoms with Crippen molar-refractivity contribution in [2.45, 2.75) is 71.4 Å². The number of hydrogen-bond donors (Lipinski definition) is 2. The molecule has 2 N–H and O–H groups in total. The van der Waals surface area contributed by atoms with Gasteiger partial charge in [0.2, 0.25) is 5.88 Å². The number of aliphatic hydroxyl groups excluding tert-OH is 1. The first-order valence-electron chi connectivity index (χ1n) is 12.9. The van der Waals surface area contributed by atoms with Crippen LogP contribution in [-0.4, -0.2) is 77.3 Å². The second-order valence-electron chi connectivity index (χ2n) is 9.97. The Labute approximate surface area is 209 Å². The fraction of sp³-hybridized carbons (Fsp3) is 0.667. The normalized spacial score (nSPS) is 21.2. The molecule has 2 aliphatic rings. The summed E-state index contributed by atoms with van der Waals surface area (Å²) in [6.45, 7) is 7.01. The summed E-state index contributed by atoms with van der Waals surface area (Å²) < 4.78 is 6.26. The van der Waals surface area contributed by atoms with Crippen LogP contribution in [0.3, 0.4) is 0 Å². The van der Waals surface area contributed by atoms with Gasteiger partial charge in [0.25, 0.3) is 5.91 Å². The van der Waals surface area contributed by atoms with E-state index in [9.17, 15) is 14.7 Å². The number of nitrogens with zero attached hydrogens (tertiary/aromatic N) is 3. The first-order valence-corrected chi connectivity index (χ1v) is 12.9. The van der Waals surface area contributed by atoms with Crippen molar-refractivity contribution in [3.8, 4) is 17.7 Å². The number of rotatable bonds is 7. The summed E-state index contributed by atoms with van der Waals surface area (Å²) in [4.78, 5) is 33.7. The molecular weight excluding hydrogens is 444 g/mol. The number of aliphatic hydroxyl groups is 1. The van der Waals surface area contributed by atoms with Gasteiger partial charge in [-0.1, -0.05) is 38.5 Å². The van der Waals surface area contributed by atoms with Gasteiger partial charge in [-0.2, -0.15) is 0 Å². The minimum Gasteiger partial charge on any atom is -0.472 e. The number of likely N-dealkylation sites (N-methyl/N-ethyl adjacent to an activating group) is 1. The molecule has 1 aromatic heterocycles. The molecule has 0 radical (unpaired) electrons. The number of nitrogens with one attached hydrogen (secondary N) is 1. The molecule has 0 spiro atoms. The van der Waals surface area contributed by atoms with Gasteiger partial charge in [0.05, 0.1) is 19.2 Å². The Balaban J connectivity index is 1.86. The van der Waals surface area contributed by atoms with Crippen molar-refractivity contribution in [1.82, 2.24) is 20.1 Å². The van der Waals surface area contributed by atoms with Gasteiger partial charge in [-0.3, -0.25) is 4.79 Å². The highest BCUT2D eigenvalue weighted by atomic mass is 16.5. The summed E-state index contributed by atoms with van der Waals surface area (Å²) in [5.74, 6) is 7.03. The summed E-state index contributed by atoms with van der Waals surface area (Å²) in [6.07, 6.45) is 8.04. The van der Waals surface area contributed by atoms with Gasteiger partial charge in [0.15, 0.2) is 0 Å². The molecule has 8 nitrogen and oxygen atoms in total. The molecule has 8 heteroatoms. The summed E-state index contributed by atoms with van der Waals surface area (Å²) in [6, 6.07) is 1.22. The number of urea groups is 1. The molecule has 0 unspecified atom stereocenters. The van der Waals surface area contributed by atoms with Gasteiger partial charge >= 0.3 is 6.03 Å². The lowest BCUT2D eigenvalue weighted by molar-refractivity contribution is 0.0352. The van der Waals surface area contributed by atoms with Crippen LogP contribution in [-0.2, 0) is 0 Å². The highest BCUT2D eigenvalue weighted by molar-refractivity contribution is 5.97. The third-order valence-corrected chi connectivity index (χ3v) is 6.95. The van der Waals surface area contributed by atoms with Crippen molar-refractivity contribution in [1.29, 1.82) is 0 Å². The lowest BCUT2D eigenvalue weighted by Gasteiger charge is -2.37. The number of hydrogen-bond acceptors (Lipinski definition) is 5. The number of aromatic nitrogens is 1. The fourth-order valence-corrected chi connectivity index (χ4v) is 4.62. The number of pyridine rings is 1. The highest BCUT2D eigenvalue weighted by Gasteiger charge is 2.34. The molecular formula is C27H40N4O4. The Morgan fingerprint density at radius 3 is 2.83 bits per heavy atom. The molecule has 1 aliphatic carbocycles. The number of amides is 3. The average molecular weight is 485 g/mol. The molecule has 1 saturated carbocycles. The minimum atomic E-state index is -0.376. The van der Waals surface area contributed by atoms with Gasteiger partial charge in [-0.05, 0) is 38.2 Å². The van der Waals surface area contributed by atoms with Crippen LogP contribution in [0, 0.1) is 23.7 Å². The number of carbonyl (C=O) groups excluding carboxylic acids is 2. The summed E-state index contributed by atoms with van der Waals surface area (Å²) in [5, 5.41) is 12.7. The van der Waals surface area contributed by atoms with E-state index in [0.29, 0.717) is 36.7 Å². The van der Waals surface area contributed by atoms with Crippen molar-refractivity contribution in [2.75, 3.05) is 33.3 Å². The van der Waals surface area contributed by atoms with Gasteiger partial charge in [0, 0.05) is 44.2 Å². The zero-order valence-corrected chi connectivity index (χ0v) is 21.5. The van der Waals surface area contributed by atoms with E-state index in [-0.39, 0.29) is 42.5 Å². The maximum absolute atomic E-state index is 13.5. The molecule has 3 atom stereocenters. The molecule has 3 rings (SSSR count). The first-order chi connectivity index (χ1) is 16.8. The van der Waals surface area contributed by atoms with Crippen molar-refractivity contribution < 1.29 is 19.4 Å². The smallest absolute Gasteiger partial charge is 0.317 e. The van der Waals surface area contributed by atoms with Gasteiger partial charge in [-0.25, -0.2) is 9.78 Å². The Kier molecular flexibility index (Phi) is 9.79. The van der Waals surface area contributed by atoms with E-state index in [4.69, 9.17) is 4.74 Å². The summed E-state index contributed by atoms with van der Waals surface area (Å²) >= 11 is 0. The van der Waals surface area contributed by atoms with Gasteiger partial charge in [0.1, 0.15) is 11.7 Å². The zero-order valence-electron chi connectivity index (χ0n) is 21.5. The quantitative estimate of drug-likeness (QED) is 0.579. The Bertz CT molecular complexity index is 935. The Morgan fingerprint density at radius 2 is 2.14 bits per heavy atom. The van der Waals surface area contributed by atoms with Crippen LogP contribution in [0.4, 0.5) is 4.79 Å². The number of carbonyl (C=O) groups is 2. The third kappa shape index (κ3) is 7.11. The second-order valence-corrected chi connectivity index (χ2v) is 9.97. The average Bonchev–Trinajstić information content (AvgIpc) is 3.37. The summed E-state index contributed by atoms with van der Waals surface area (Å²) in [5.41, 5.74) is 1.02. The van der Waals surface area contributed by atoms with Crippen LogP contribution in [0.1, 0.15) is 75.2 Å². The van der Waals surface area contributed by atoms with E-state index >= 15 is 0 Å². The van der Waals surface area contributed by atoms with E-state index in [1.807, 2.05) is 20.8 Å². The molecule has 2 heterocycles. The van der Waals surface area contributed by atoms with E-state index in [1.54, 1.807) is 29.1 Å². The number of ether oxygens (including phenoxy) is 1. The van der Waals surface area contributed by atoms with Crippen LogP contribution >= 0.6 is 0 Å². The largest absolute Gasteiger partial charge is 0.472 e. The van der Waals surface area contributed by atoms with Crippen LogP contribution in [0.25, 0.3) is 0 Å².